The van der Waals surface area contributed by atoms with E-state index in [0.29, 0.717) is 24.5 Å². The van der Waals surface area contributed by atoms with E-state index < -0.39 is 0 Å². The van der Waals surface area contributed by atoms with Gasteiger partial charge in [-0.25, -0.2) is 4.98 Å². The molecule has 3 rings (SSSR count). The van der Waals surface area contributed by atoms with Crippen molar-refractivity contribution in [1.29, 1.82) is 0 Å². The molecule has 0 amide bonds. The van der Waals surface area contributed by atoms with E-state index >= 15 is 0 Å². The van der Waals surface area contributed by atoms with Crippen LogP contribution in [0.3, 0.4) is 0 Å². The number of nitrogen functional groups attached to an aromatic ring is 1. The quantitative estimate of drug-likeness (QED) is 0.761. The Kier molecular flexibility index (Phi) is 2.83. The summed E-state index contributed by atoms with van der Waals surface area (Å²) in [6.45, 7) is 2.71. The lowest BCUT2D eigenvalue weighted by Crippen LogP contribution is -2.40. The fourth-order valence-corrected chi connectivity index (χ4v) is 2.27. The standard InChI is InChI=1S/C12H15N5O2/c1-16-10-8(7-14-12(13)15-10)6-9(11(16)18)17-2-4-19-5-3-17/h6-7H,2-5H2,1H3,(H2,13,14,15). The number of ether oxygens (including phenoxy) is 1. The normalized spacial score (nSPS) is 15.9. The molecule has 1 saturated heterocycles. The maximum absolute atomic E-state index is 12.4. The second kappa shape index (κ2) is 4.51. The molecular weight excluding hydrogens is 246 g/mol. The van der Waals surface area contributed by atoms with Crippen LogP contribution in [0, 0.1) is 0 Å². The summed E-state index contributed by atoms with van der Waals surface area (Å²) in [6, 6.07) is 1.82. The molecule has 1 aliphatic heterocycles. The van der Waals surface area contributed by atoms with Gasteiger partial charge in [0.05, 0.1) is 13.2 Å². The molecule has 0 aromatic carbocycles. The van der Waals surface area contributed by atoms with Crippen molar-refractivity contribution in [3.63, 3.8) is 0 Å². The zero-order valence-electron chi connectivity index (χ0n) is 10.7. The highest BCUT2D eigenvalue weighted by Gasteiger charge is 2.17. The van der Waals surface area contributed by atoms with Crippen LogP contribution >= 0.6 is 0 Å². The number of aryl methyl sites for hydroxylation is 1. The van der Waals surface area contributed by atoms with E-state index in [2.05, 4.69) is 9.97 Å². The van der Waals surface area contributed by atoms with E-state index in [1.807, 2.05) is 11.0 Å². The zero-order valence-corrected chi connectivity index (χ0v) is 10.7. The van der Waals surface area contributed by atoms with Gasteiger partial charge in [0.15, 0.2) is 0 Å². The Bertz CT molecular complexity index is 676. The highest BCUT2D eigenvalue weighted by atomic mass is 16.5. The van der Waals surface area contributed by atoms with Crippen molar-refractivity contribution in [2.75, 3.05) is 36.9 Å². The minimum atomic E-state index is -0.0764. The van der Waals surface area contributed by atoms with Crippen molar-refractivity contribution in [2.45, 2.75) is 0 Å². The van der Waals surface area contributed by atoms with Crippen LogP contribution in [-0.4, -0.2) is 40.8 Å². The van der Waals surface area contributed by atoms with Crippen LogP contribution in [0.2, 0.25) is 0 Å². The number of anilines is 2. The number of hydrogen-bond donors (Lipinski definition) is 1. The Morgan fingerprint density at radius 1 is 1.37 bits per heavy atom. The van der Waals surface area contributed by atoms with Gasteiger partial charge >= 0.3 is 0 Å². The maximum Gasteiger partial charge on any atom is 0.275 e. The molecular formula is C12H15N5O2. The molecule has 100 valence electrons. The van der Waals surface area contributed by atoms with Gasteiger partial charge in [0.1, 0.15) is 11.3 Å². The van der Waals surface area contributed by atoms with Crippen LogP contribution in [0.15, 0.2) is 17.1 Å². The van der Waals surface area contributed by atoms with Gasteiger partial charge < -0.3 is 15.4 Å². The van der Waals surface area contributed by atoms with Gasteiger partial charge in [-0.3, -0.25) is 9.36 Å². The number of nitrogens with zero attached hydrogens (tertiary/aromatic N) is 4. The van der Waals surface area contributed by atoms with Gasteiger partial charge in [0.25, 0.3) is 5.56 Å². The second-order valence-electron chi connectivity index (χ2n) is 4.50. The van der Waals surface area contributed by atoms with Gasteiger partial charge in [-0.2, -0.15) is 4.98 Å². The van der Waals surface area contributed by atoms with Crippen molar-refractivity contribution < 1.29 is 4.74 Å². The van der Waals surface area contributed by atoms with E-state index in [4.69, 9.17) is 10.5 Å². The summed E-state index contributed by atoms with van der Waals surface area (Å²) in [5, 5.41) is 0.804. The molecule has 7 nitrogen and oxygen atoms in total. The lowest BCUT2D eigenvalue weighted by molar-refractivity contribution is 0.122. The smallest absolute Gasteiger partial charge is 0.275 e. The number of nitrogens with two attached hydrogens (primary N) is 1. The van der Waals surface area contributed by atoms with Crippen LogP contribution in [0.5, 0.6) is 0 Å². The molecule has 0 atom stereocenters. The molecule has 19 heavy (non-hydrogen) atoms. The third-order valence-corrected chi connectivity index (χ3v) is 3.30. The Morgan fingerprint density at radius 3 is 2.84 bits per heavy atom. The third-order valence-electron chi connectivity index (χ3n) is 3.30. The van der Waals surface area contributed by atoms with E-state index in [-0.39, 0.29) is 11.5 Å². The molecule has 0 unspecified atom stereocenters. The summed E-state index contributed by atoms with van der Waals surface area (Å²) < 4.78 is 6.81. The molecule has 0 radical (unpaired) electrons. The predicted octanol–water partition coefficient (Wildman–Crippen LogP) is -0.253. The van der Waals surface area contributed by atoms with Gasteiger partial charge in [0, 0.05) is 31.7 Å². The van der Waals surface area contributed by atoms with Crippen LogP contribution in [-0.2, 0) is 11.8 Å². The molecule has 1 fully saturated rings. The zero-order chi connectivity index (χ0) is 13.4. The van der Waals surface area contributed by atoms with E-state index in [1.165, 1.54) is 4.57 Å². The lowest BCUT2D eigenvalue weighted by Gasteiger charge is -2.28. The second-order valence-corrected chi connectivity index (χ2v) is 4.50. The highest BCUT2D eigenvalue weighted by Crippen LogP contribution is 2.17. The molecule has 0 saturated carbocycles. The monoisotopic (exact) mass is 261 g/mol. The minimum absolute atomic E-state index is 0.0764. The molecule has 0 spiro atoms. The maximum atomic E-state index is 12.4. The van der Waals surface area contributed by atoms with Crippen molar-refractivity contribution in [3.8, 4) is 0 Å². The number of aromatic nitrogens is 3. The summed E-state index contributed by atoms with van der Waals surface area (Å²) in [5.74, 6) is 0.168. The molecule has 7 heteroatoms. The molecule has 0 aliphatic carbocycles. The number of fused-ring (bicyclic) bond motifs is 1. The predicted molar refractivity (Wildman–Crippen MR) is 72.2 cm³/mol. The Hall–Kier alpha value is -2.15. The summed E-state index contributed by atoms with van der Waals surface area (Å²) in [6.07, 6.45) is 1.64. The SMILES string of the molecule is Cn1c(=O)c(N2CCOCC2)cc2cnc(N)nc21. The largest absolute Gasteiger partial charge is 0.378 e. The molecule has 3 heterocycles. The average Bonchev–Trinajstić information content (AvgIpc) is 2.44. The molecule has 2 aromatic rings. The van der Waals surface area contributed by atoms with Crippen molar-refractivity contribution in [2.24, 2.45) is 7.05 Å². The number of rotatable bonds is 1. The minimum Gasteiger partial charge on any atom is -0.378 e. The van der Waals surface area contributed by atoms with E-state index in [9.17, 15) is 4.79 Å². The first-order chi connectivity index (χ1) is 9.16. The molecule has 2 N–H and O–H groups in total. The first-order valence-corrected chi connectivity index (χ1v) is 6.12. The summed E-state index contributed by atoms with van der Waals surface area (Å²) in [4.78, 5) is 22.5. The number of pyridine rings is 1. The first kappa shape index (κ1) is 11.9. The van der Waals surface area contributed by atoms with Crippen LogP contribution in [0.1, 0.15) is 0 Å². The first-order valence-electron chi connectivity index (χ1n) is 6.12. The molecule has 2 aromatic heterocycles. The lowest BCUT2D eigenvalue weighted by atomic mass is 10.2. The average molecular weight is 261 g/mol. The Balaban J connectivity index is 2.18. The van der Waals surface area contributed by atoms with Gasteiger partial charge in [0.2, 0.25) is 5.95 Å². The fourth-order valence-electron chi connectivity index (χ4n) is 2.27. The van der Waals surface area contributed by atoms with E-state index in [1.54, 1.807) is 13.2 Å². The Labute approximate surface area is 109 Å². The van der Waals surface area contributed by atoms with Gasteiger partial charge in [-0.1, -0.05) is 0 Å². The van der Waals surface area contributed by atoms with Crippen LogP contribution in [0.4, 0.5) is 11.6 Å². The summed E-state index contributed by atoms with van der Waals surface area (Å²) >= 11 is 0. The highest BCUT2D eigenvalue weighted by molar-refractivity contribution is 5.79. The number of morpholine rings is 1. The van der Waals surface area contributed by atoms with Gasteiger partial charge in [-0.15, -0.1) is 0 Å². The Morgan fingerprint density at radius 2 is 2.11 bits per heavy atom. The topological polar surface area (TPSA) is 86.3 Å². The molecule has 0 bridgehead atoms. The third kappa shape index (κ3) is 2.01. The van der Waals surface area contributed by atoms with Crippen LogP contribution < -0.4 is 16.2 Å². The van der Waals surface area contributed by atoms with Crippen LogP contribution in [0.25, 0.3) is 11.0 Å². The van der Waals surface area contributed by atoms with Gasteiger partial charge in [-0.05, 0) is 6.07 Å². The molecule has 1 aliphatic rings. The fraction of sp³-hybridized carbons (Fsp3) is 0.417. The van der Waals surface area contributed by atoms with Crippen molar-refractivity contribution >= 4 is 22.7 Å². The number of hydrogen-bond acceptors (Lipinski definition) is 6. The van der Waals surface area contributed by atoms with E-state index in [0.717, 1.165) is 18.5 Å². The van der Waals surface area contributed by atoms with Crippen molar-refractivity contribution in [3.05, 3.63) is 22.6 Å². The summed E-state index contributed by atoms with van der Waals surface area (Å²) in [5.41, 5.74) is 6.69. The summed E-state index contributed by atoms with van der Waals surface area (Å²) in [7, 11) is 1.70. The van der Waals surface area contributed by atoms with Crippen molar-refractivity contribution in [1.82, 2.24) is 14.5 Å².